The molecule has 2 N–H and O–H groups in total. The van der Waals surface area contributed by atoms with Gasteiger partial charge in [-0.25, -0.2) is 5.01 Å². The van der Waals surface area contributed by atoms with Gasteiger partial charge in [0.15, 0.2) is 0 Å². The molecule has 2 atom stereocenters. The number of carbonyl (C=O) groups is 2. The highest BCUT2D eigenvalue weighted by atomic mass is 16.2. The van der Waals surface area contributed by atoms with Gasteiger partial charge in [-0.1, -0.05) is 25.1 Å². The Balaban J connectivity index is 0.000000219. The standard InChI is InChI=1S/C8H13N3O.C7H7NO/c1-6-3-8(4-9)11(5-6)10-7(2)12;9-6-8-7-4-2-1-3-5-7/h6,8H,3,5H2,1-2H3,(H,10,12);1-6H,(H,8,9). The van der Waals surface area contributed by atoms with Crippen LogP contribution in [0.5, 0.6) is 0 Å². The minimum absolute atomic E-state index is 0.107. The average molecular weight is 288 g/mol. The van der Waals surface area contributed by atoms with Crippen molar-refractivity contribution >= 4 is 18.0 Å². The van der Waals surface area contributed by atoms with Crippen molar-refractivity contribution in [2.75, 3.05) is 11.9 Å². The fraction of sp³-hybridized carbons (Fsp3) is 0.400. The Labute approximate surface area is 124 Å². The molecule has 0 aliphatic carbocycles. The quantitative estimate of drug-likeness (QED) is 0.826. The van der Waals surface area contributed by atoms with Gasteiger partial charge < -0.3 is 5.32 Å². The van der Waals surface area contributed by atoms with Gasteiger partial charge >= 0.3 is 0 Å². The Morgan fingerprint density at radius 2 is 2.10 bits per heavy atom. The van der Waals surface area contributed by atoms with Crippen LogP contribution in [0.25, 0.3) is 0 Å². The van der Waals surface area contributed by atoms with Gasteiger partial charge in [0, 0.05) is 19.2 Å². The Morgan fingerprint density at radius 3 is 2.62 bits per heavy atom. The van der Waals surface area contributed by atoms with E-state index in [4.69, 9.17) is 5.26 Å². The molecule has 1 fully saturated rings. The van der Waals surface area contributed by atoms with Crippen molar-refractivity contribution in [3.8, 4) is 6.07 Å². The topological polar surface area (TPSA) is 85.2 Å². The lowest BCUT2D eigenvalue weighted by atomic mass is 10.1. The highest BCUT2D eigenvalue weighted by molar-refractivity contribution is 5.72. The van der Waals surface area contributed by atoms with Crippen molar-refractivity contribution < 1.29 is 9.59 Å². The number of hydrogen-bond donors (Lipinski definition) is 2. The molecule has 1 aromatic carbocycles. The predicted octanol–water partition coefficient (Wildman–Crippen LogP) is 1.53. The van der Waals surface area contributed by atoms with Gasteiger partial charge in [0.25, 0.3) is 0 Å². The summed E-state index contributed by atoms with van der Waals surface area (Å²) in [5.41, 5.74) is 3.47. The molecule has 0 bridgehead atoms. The van der Waals surface area contributed by atoms with Crippen LogP contribution in [-0.2, 0) is 9.59 Å². The first kappa shape index (κ1) is 16.7. The van der Waals surface area contributed by atoms with Crippen LogP contribution in [0, 0.1) is 17.2 Å². The highest BCUT2D eigenvalue weighted by Gasteiger charge is 2.29. The highest BCUT2D eigenvalue weighted by Crippen LogP contribution is 2.19. The molecule has 2 rings (SSSR count). The molecule has 2 unspecified atom stereocenters. The Kier molecular flexibility index (Phi) is 6.92. The fourth-order valence-corrected chi connectivity index (χ4v) is 2.10. The molecule has 0 spiro atoms. The Morgan fingerprint density at radius 1 is 1.43 bits per heavy atom. The van der Waals surface area contributed by atoms with Gasteiger partial charge in [0.05, 0.1) is 6.07 Å². The zero-order chi connectivity index (χ0) is 15.7. The van der Waals surface area contributed by atoms with E-state index in [-0.39, 0.29) is 11.9 Å². The van der Waals surface area contributed by atoms with Crippen molar-refractivity contribution in [1.29, 1.82) is 5.26 Å². The number of nitrogens with zero attached hydrogens (tertiary/aromatic N) is 2. The second-order valence-corrected chi connectivity index (χ2v) is 4.93. The summed E-state index contributed by atoms with van der Waals surface area (Å²) < 4.78 is 0. The molecule has 0 aromatic heterocycles. The first-order valence-corrected chi connectivity index (χ1v) is 6.75. The van der Waals surface area contributed by atoms with Crippen LogP contribution >= 0.6 is 0 Å². The molecule has 0 saturated carbocycles. The van der Waals surface area contributed by atoms with E-state index in [2.05, 4.69) is 23.7 Å². The summed E-state index contributed by atoms with van der Waals surface area (Å²) >= 11 is 0. The van der Waals surface area contributed by atoms with Gasteiger partial charge in [-0.15, -0.1) is 0 Å². The molecule has 1 aliphatic heterocycles. The first-order valence-electron chi connectivity index (χ1n) is 6.75. The molecule has 1 aliphatic rings. The summed E-state index contributed by atoms with van der Waals surface area (Å²) in [4.78, 5) is 20.6. The zero-order valence-electron chi connectivity index (χ0n) is 12.2. The van der Waals surface area contributed by atoms with E-state index >= 15 is 0 Å². The smallest absolute Gasteiger partial charge is 0.231 e. The van der Waals surface area contributed by atoms with Gasteiger partial charge in [-0.3, -0.25) is 15.0 Å². The molecule has 1 aromatic rings. The third kappa shape index (κ3) is 6.06. The third-order valence-electron chi connectivity index (χ3n) is 2.96. The summed E-state index contributed by atoms with van der Waals surface area (Å²) in [5.74, 6) is 0.380. The molecule has 0 radical (unpaired) electrons. The van der Waals surface area contributed by atoms with Crippen molar-refractivity contribution in [3.05, 3.63) is 30.3 Å². The second kappa shape index (κ2) is 8.72. The number of anilines is 1. The van der Waals surface area contributed by atoms with E-state index in [0.29, 0.717) is 12.3 Å². The van der Waals surface area contributed by atoms with E-state index in [1.54, 1.807) is 5.01 Å². The van der Waals surface area contributed by atoms with E-state index < -0.39 is 0 Å². The molecule has 21 heavy (non-hydrogen) atoms. The Hall–Kier alpha value is -2.39. The summed E-state index contributed by atoms with van der Waals surface area (Å²) in [7, 11) is 0. The molecule has 6 heteroatoms. The molecular weight excluding hydrogens is 268 g/mol. The molecule has 112 valence electrons. The molecule has 1 saturated heterocycles. The number of benzene rings is 1. The summed E-state index contributed by atoms with van der Waals surface area (Å²) in [5, 5.41) is 13.0. The minimum Gasteiger partial charge on any atom is -0.329 e. The summed E-state index contributed by atoms with van der Waals surface area (Å²) in [6, 6.07) is 11.3. The predicted molar refractivity (Wildman–Crippen MR) is 79.8 cm³/mol. The zero-order valence-corrected chi connectivity index (χ0v) is 12.2. The second-order valence-electron chi connectivity index (χ2n) is 4.93. The lowest BCUT2D eigenvalue weighted by Crippen LogP contribution is -2.43. The SMILES string of the molecule is CC(=O)NN1CC(C)CC1C#N.O=CNc1ccccc1. The van der Waals surface area contributed by atoms with Crippen molar-refractivity contribution in [3.63, 3.8) is 0 Å². The summed E-state index contributed by atoms with van der Waals surface area (Å²) in [6.07, 6.45) is 1.51. The van der Waals surface area contributed by atoms with Crippen LogP contribution in [0.3, 0.4) is 0 Å². The largest absolute Gasteiger partial charge is 0.329 e. The monoisotopic (exact) mass is 288 g/mol. The minimum atomic E-state index is -0.149. The maximum atomic E-state index is 10.7. The van der Waals surface area contributed by atoms with Crippen LogP contribution in [0.2, 0.25) is 0 Å². The number of carbonyl (C=O) groups excluding carboxylic acids is 2. The number of para-hydroxylation sites is 1. The van der Waals surface area contributed by atoms with Crippen molar-refractivity contribution in [2.24, 2.45) is 5.92 Å². The number of rotatable bonds is 3. The number of amides is 2. The number of hydrazine groups is 1. The fourth-order valence-electron chi connectivity index (χ4n) is 2.10. The lowest BCUT2D eigenvalue weighted by molar-refractivity contribution is -0.123. The van der Waals surface area contributed by atoms with Gasteiger partial charge in [-0.2, -0.15) is 5.26 Å². The molecular formula is C15H20N4O2. The van der Waals surface area contributed by atoms with Crippen molar-refractivity contribution in [2.45, 2.75) is 26.3 Å². The normalized spacial score (nSPS) is 20.6. The van der Waals surface area contributed by atoms with E-state index in [1.807, 2.05) is 30.3 Å². The maximum absolute atomic E-state index is 10.7. The molecule has 2 amide bonds. The van der Waals surface area contributed by atoms with E-state index in [0.717, 1.165) is 18.7 Å². The molecule has 6 nitrogen and oxygen atoms in total. The van der Waals surface area contributed by atoms with Gasteiger partial charge in [-0.05, 0) is 24.5 Å². The van der Waals surface area contributed by atoms with Crippen LogP contribution in [0.1, 0.15) is 20.3 Å². The van der Waals surface area contributed by atoms with E-state index in [1.165, 1.54) is 6.92 Å². The van der Waals surface area contributed by atoms with Crippen molar-refractivity contribution in [1.82, 2.24) is 10.4 Å². The third-order valence-corrected chi connectivity index (χ3v) is 2.96. The Bertz CT molecular complexity index is 498. The van der Waals surface area contributed by atoms with Gasteiger partial charge in [0.2, 0.25) is 12.3 Å². The van der Waals surface area contributed by atoms with Crippen LogP contribution in [0.15, 0.2) is 30.3 Å². The van der Waals surface area contributed by atoms with Crippen LogP contribution in [-0.4, -0.2) is 29.9 Å². The number of nitrogens with one attached hydrogen (secondary N) is 2. The number of hydrogen-bond acceptors (Lipinski definition) is 4. The van der Waals surface area contributed by atoms with Crippen LogP contribution in [0.4, 0.5) is 5.69 Å². The first-order chi connectivity index (χ1) is 10.1. The summed E-state index contributed by atoms with van der Waals surface area (Å²) in [6.45, 7) is 4.31. The van der Waals surface area contributed by atoms with Crippen LogP contribution < -0.4 is 10.7 Å². The maximum Gasteiger partial charge on any atom is 0.231 e. The van der Waals surface area contributed by atoms with Gasteiger partial charge in [0.1, 0.15) is 6.04 Å². The molecule has 1 heterocycles. The van der Waals surface area contributed by atoms with E-state index in [9.17, 15) is 9.59 Å². The number of nitriles is 1. The lowest BCUT2D eigenvalue weighted by Gasteiger charge is -2.18. The average Bonchev–Trinajstić information content (AvgIpc) is 2.80.